The fourth-order valence-corrected chi connectivity index (χ4v) is 3.40. The number of carboxylic acids is 1. The molecule has 1 fully saturated rings. The van der Waals surface area contributed by atoms with Crippen molar-refractivity contribution in [3.05, 3.63) is 58.1 Å². The van der Waals surface area contributed by atoms with Gasteiger partial charge in [-0.15, -0.1) is 12.4 Å². The van der Waals surface area contributed by atoms with Crippen LogP contribution in [0.15, 0.2) is 42.5 Å². The molecule has 0 bridgehead atoms. The Morgan fingerprint density at radius 2 is 1.85 bits per heavy atom. The van der Waals surface area contributed by atoms with Gasteiger partial charge in [0, 0.05) is 25.3 Å². The van der Waals surface area contributed by atoms with Crippen molar-refractivity contribution in [2.75, 3.05) is 31.6 Å². The average Bonchev–Trinajstić information content (AvgIpc) is 2.64. The number of para-hydroxylation sites is 1. The van der Waals surface area contributed by atoms with Crippen molar-refractivity contribution in [1.82, 2.24) is 4.90 Å². The van der Waals surface area contributed by atoms with Gasteiger partial charge >= 0.3 is 5.97 Å². The normalized spacial score (nSPS) is 17.2. The lowest BCUT2D eigenvalue weighted by Gasteiger charge is -2.32. The number of morpholine rings is 1. The first kappa shape index (κ1) is 21.8. The summed E-state index contributed by atoms with van der Waals surface area (Å²) in [4.78, 5) is 12.9. The van der Waals surface area contributed by atoms with E-state index in [-0.39, 0.29) is 24.9 Å². The van der Waals surface area contributed by atoms with Crippen LogP contribution in [0.5, 0.6) is 0 Å². The summed E-state index contributed by atoms with van der Waals surface area (Å²) < 4.78 is 5.85. The molecule has 8 heteroatoms. The molecule has 3 rings (SSSR count). The zero-order valence-electron chi connectivity index (χ0n) is 14.5. The zero-order chi connectivity index (χ0) is 18.5. The van der Waals surface area contributed by atoms with Gasteiger partial charge in [0.05, 0.1) is 34.9 Å². The first-order valence-electron chi connectivity index (χ1n) is 8.39. The lowest BCUT2D eigenvalue weighted by molar-refractivity contribution is -0.137. The summed E-state index contributed by atoms with van der Waals surface area (Å²) in [5.41, 5.74) is 2.61. The standard InChI is InChI=1S/C19H20Cl2N2O3.ClH/c20-15-2-1-3-16(21)19(15)22-14-6-4-13(5-7-14)17-12-23(10-11-26-17)9-8-18(24)25;/h1-7,17,22H,8-12H2,(H,24,25);1H. The number of nitrogens with one attached hydrogen (secondary N) is 1. The number of nitrogens with zero attached hydrogens (tertiary/aromatic N) is 1. The number of ether oxygens (including phenoxy) is 1. The Morgan fingerprint density at radius 3 is 2.48 bits per heavy atom. The lowest BCUT2D eigenvalue weighted by Crippen LogP contribution is -2.39. The van der Waals surface area contributed by atoms with E-state index in [2.05, 4.69) is 10.2 Å². The highest BCUT2D eigenvalue weighted by Crippen LogP contribution is 2.33. The molecule has 2 N–H and O–H groups in total. The fourth-order valence-electron chi connectivity index (χ4n) is 2.90. The summed E-state index contributed by atoms with van der Waals surface area (Å²) in [5.74, 6) is -0.776. The monoisotopic (exact) mass is 430 g/mol. The van der Waals surface area contributed by atoms with Gasteiger partial charge in [-0.25, -0.2) is 0 Å². The summed E-state index contributed by atoms with van der Waals surface area (Å²) in [6.45, 7) is 2.59. The number of aliphatic carboxylic acids is 1. The molecule has 1 atom stereocenters. The van der Waals surface area contributed by atoms with E-state index in [1.54, 1.807) is 18.2 Å². The highest BCUT2D eigenvalue weighted by Gasteiger charge is 2.22. The quantitative estimate of drug-likeness (QED) is 0.673. The third kappa shape index (κ3) is 5.99. The van der Waals surface area contributed by atoms with Gasteiger partial charge in [-0.2, -0.15) is 0 Å². The molecule has 0 aliphatic carbocycles. The van der Waals surface area contributed by atoms with E-state index in [1.165, 1.54) is 0 Å². The molecule has 1 heterocycles. The second-order valence-electron chi connectivity index (χ2n) is 6.15. The Bertz CT molecular complexity index is 751. The van der Waals surface area contributed by atoms with E-state index in [1.807, 2.05) is 24.3 Å². The minimum atomic E-state index is -0.776. The minimum absolute atomic E-state index is 0. The van der Waals surface area contributed by atoms with Crippen LogP contribution in [-0.2, 0) is 9.53 Å². The van der Waals surface area contributed by atoms with Crippen LogP contribution < -0.4 is 5.32 Å². The molecule has 5 nitrogen and oxygen atoms in total. The maximum atomic E-state index is 10.7. The van der Waals surface area contributed by atoms with Crippen molar-refractivity contribution in [2.24, 2.45) is 0 Å². The Morgan fingerprint density at radius 1 is 1.19 bits per heavy atom. The van der Waals surface area contributed by atoms with E-state index in [9.17, 15) is 4.79 Å². The van der Waals surface area contributed by atoms with Gasteiger partial charge in [-0.3, -0.25) is 9.69 Å². The lowest BCUT2D eigenvalue weighted by atomic mass is 10.1. The van der Waals surface area contributed by atoms with Gasteiger partial charge in [-0.1, -0.05) is 41.4 Å². The van der Waals surface area contributed by atoms with Crippen molar-refractivity contribution < 1.29 is 14.6 Å². The smallest absolute Gasteiger partial charge is 0.304 e. The predicted molar refractivity (Wildman–Crippen MR) is 111 cm³/mol. The van der Waals surface area contributed by atoms with Crippen molar-refractivity contribution >= 4 is 53.0 Å². The second kappa shape index (κ2) is 10.2. The number of hydrogen-bond acceptors (Lipinski definition) is 4. The number of rotatable bonds is 6. The number of anilines is 2. The molecule has 0 spiro atoms. The number of hydrogen-bond donors (Lipinski definition) is 2. The van der Waals surface area contributed by atoms with Crippen LogP contribution in [0.25, 0.3) is 0 Å². The van der Waals surface area contributed by atoms with Crippen LogP contribution in [0.4, 0.5) is 11.4 Å². The van der Waals surface area contributed by atoms with Gasteiger partial charge in [0.2, 0.25) is 0 Å². The van der Waals surface area contributed by atoms with Crippen LogP contribution in [-0.4, -0.2) is 42.2 Å². The molecule has 0 amide bonds. The number of carbonyl (C=O) groups is 1. The minimum Gasteiger partial charge on any atom is -0.481 e. The van der Waals surface area contributed by atoms with Crippen LogP contribution in [0.3, 0.4) is 0 Å². The van der Waals surface area contributed by atoms with Crippen molar-refractivity contribution in [3.8, 4) is 0 Å². The average molecular weight is 432 g/mol. The maximum Gasteiger partial charge on any atom is 0.304 e. The first-order chi connectivity index (χ1) is 12.5. The van der Waals surface area contributed by atoms with Gasteiger partial charge in [-0.05, 0) is 29.8 Å². The summed E-state index contributed by atoms with van der Waals surface area (Å²) in [5, 5.41) is 13.2. The third-order valence-electron chi connectivity index (χ3n) is 4.31. The van der Waals surface area contributed by atoms with Crippen LogP contribution in [0.2, 0.25) is 10.0 Å². The molecule has 0 aromatic heterocycles. The Kier molecular flexibility index (Phi) is 8.20. The second-order valence-corrected chi connectivity index (χ2v) is 6.96. The molecule has 1 aliphatic rings. The first-order valence-corrected chi connectivity index (χ1v) is 9.15. The maximum absolute atomic E-state index is 10.7. The largest absolute Gasteiger partial charge is 0.481 e. The van der Waals surface area contributed by atoms with E-state index >= 15 is 0 Å². The summed E-state index contributed by atoms with van der Waals surface area (Å²) in [6, 6.07) is 13.3. The highest BCUT2D eigenvalue weighted by molar-refractivity contribution is 6.39. The van der Waals surface area contributed by atoms with Crippen LogP contribution in [0, 0.1) is 0 Å². The molecule has 2 aromatic carbocycles. The van der Waals surface area contributed by atoms with E-state index < -0.39 is 5.97 Å². The van der Waals surface area contributed by atoms with Gasteiger partial charge in [0.25, 0.3) is 0 Å². The van der Waals surface area contributed by atoms with Crippen molar-refractivity contribution in [3.63, 3.8) is 0 Å². The molecule has 0 saturated carbocycles. The summed E-state index contributed by atoms with van der Waals surface area (Å²) in [7, 11) is 0. The van der Waals surface area contributed by atoms with Crippen LogP contribution >= 0.6 is 35.6 Å². The molecule has 2 aromatic rings. The predicted octanol–water partition coefficient (Wildman–Crippen LogP) is 5.01. The van der Waals surface area contributed by atoms with E-state index in [4.69, 9.17) is 33.0 Å². The number of carboxylic acid groups (broad SMARTS) is 1. The molecule has 146 valence electrons. The van der Waals surface area contributed by atoms with Gasteiger partial charge in [0.15, 0.2) is 0 Å². The molecular weight excluding hydrogens is 411 g/mol. The molecule has 1 aliphatic heterocycles. The number of halogens is 3. The fraction of sp³-hybridized carbons (Fsp3) is 0.316. The molecule has 1 saturated heterocycles. The molecular formula is C19H21Cl3N2O3. The zero-order valence-corrected chi connectivity index (χ0v) is 16.9. The number of benzene rings is 2. The summed E-state index contributed by atoms with van der Waals surface area (Å²) in [6.07, 6.45) is 0.0873. The highest BCUT2D eigenvalue weighted by atomic mass is 35.5. The summed E-state index contributed by atoms with van der Waals surface area (Å²) >= 11 is 12.4. The van der Waals surface area contributed by atoms with E-state index in [0.29, 0.717) is 35.4 Å². The Balaban J connectivity index is 0.00000261. The Hall–Kier alpha value is -1.50. The van der Waals surface area contributed by atoms with Gasteiger partial charge in [0.1, 0.15) is 0 Å². The molecule has 27 heavy (non-hydrogen) atoms. The van der Waals surface area contributed by atoms with Crippen LogP contribution in [0.1, 0.15) is 18.1 Å². The van der Waals surface area contributed by atoms with Gasteiger partial charge < -0.3 is 15.2 Å². The molecule has 1 unspecified atom stereocenters. The third-order valence-corrected chi connectivity index (χ3v) is 4.94. The van der Waals surface area contributed by atoms with Crippen molar-refractivity contribution in [2.45, 2.75) is 12.5 Å². The Labute approximate surface area is 174 Å². The topological polar surface area (TPSA) is 61.8 Å². The SMILES string of the molecule is Cl.O=C(O)CCN1CCOC(c2ccc(Nc3c(Cl)cccc3Cl)cc2)C1. The van der Waals surface area contributed by atoms with Crippen molar-refractivity contribution in [1.29, 1.82) is 0 Å². The van der Waals surface area contributed by atoms with E-state index in [0.717, 1.165) is 17.8 Å². The molecule has 0 radical (unpaired) electrons.